The average molecular weight is 233 g/mol. The number of hydrogen-bond acceptors (Lipinski definition) is 4. The van der Waals surface area contributed by atoms with Gasteiger partial charge in [-0.2, -0.15) is 0 Å². The van der Waals surface area contributed by atoms with E-state index >= 15 is 0 Å². The van der Waals surface area contributed by atoms with Gasteiger partial charge in [0.05, 0.1) is 11.2 Å². The van der Waals surface area contributed by atoms with Crippen molar-refractivity contribution in [2.24, 2.45) is 0 Å². The Morgan fingerprint density at radius 2 is 2.38 bits per heavy atom. The Bertz CT molecular complexity index is 480. The Morgan fingerprint density at radius 3 is 3.06 bits per heavy atom. The van der Waals surface area contributed by atoms with Crippen LogP contribution in [0.15, 0.2) is 35.2 Å². The van der Waals surface area contributed by atoms with E-state index in [2.05, 4.69) is 4.98 Å². The molecule has 0 saturated carbocycles. The summed E-state index contributed by atoms with van der Waals surface area (Å²) in [7, 11) is 0. The van der Waals surface area contributed by atoms with Gasteiger partial charge in [0, 0.05) is 10.9 Å². The molecular formula is C12H11NO2S. The number of ether oxygens (including phenoxy) is 1. The van der Waals surface area contributed by atoms with E-state index in [1.54, 1.807) is 24.6 Å². The van der Waals surface area contributed by atoms with E-state index in [0.29, 0.717) is 17.9 Å². The SMILES string of the molecule is CC(=O)c1cccc(OCc2cscn2)c1. The molecule has 0 amide bonds. The summed E-state index contributed by atoms with van der Waals surface area (Å²) in [5.41, 5.74) is 3.33. The molecule has 1 aromatic heterocycles. The van der Waals surface area contributed by atoms with Gasteiger partial charge in [-0.15, -0.1) is 11.3 Å². The molecule has 0 saturated heterocycles. The maximum Gasteiger partial charge on any atom is 0.159 e. The largest absolute Gasteiger partial charge is 0.487 e. The zero-order chi connectivity index (χ0) is 11.4. The normalized spacial score (nSPS) is 10.1. The first-order chi connectivity index (χ1) is 7.75. The number of benzene rings is 1. The van der Waals surface area contributed by atoms with Gasteiger partial charge in [-0.3, -0.25) is 4.79 Å². The minimum Gasteiger partial charge on any atom is -0.487 e. The van der Waals surface area contributed by atoms with E-state index in [-0.39, 0.29) is 5.78 Å². The molecule has 0 radical (unpaired) electrons. The molecule has 1 heterocycles. The van der Waals surface area contributed by atoms with Gasteiger partial charge >= 0.3 is 0 Å². The van der Waals surface area contributed by atoms with Gasteiger partial charge in [-0.25, -0.2) is 4.98 Å². The van der Waals surface area contributed by atoms with E-state index < -0.39 is 0 Å². The highest BCUT2D eigenvalue weighted by Crippen LogP contribution is 2.15. The van der Waals surface area contributed by atoms with Crippen molar-refractivity contribution in [1.82, 2.24) is 4.98 Å². The van der Waals surface area contributed by atoms with Gasteiger partial charge in [-0.1, -0.05) is 12.1 Å². The third-order valence-electron chi connectivity index (χ3n) is 2.11. The highest BCUT2D eigenvalue weighted by molar-refractivity contribution is 7.07. The molecule has 16 heavy (non-hydrogen) atoms. The molecule has 0 spiro atoms. The number of ketones is 1. The number of carbonyl (C=O) groups is 1. The first-order valence-electron chi connectivity index (χ1n) is 4.86. The van der Waals surface area contributed by atoms with Crippen LogP contribution in [0.5, 0.6) is 5.75 Å². The van der Waals surface area contributed by atoms with Crippen LogP contribution < -0.4 is 4.74 Å². The van der Waals surface area contributed by atoms with Gasteiger partial charge in [0.25, 0.3) is 0 Å². The van der Waals surface area contributed by atoms with Gasteiger partial charge < -0.3 is 4.74 Å². The van der Waals surface area contributed by atoms with Crippen LogP contribution in [-0.4, -0.2) is 10.8 Å². The Balaban J connectivity index is 2.04. The molecule has 0 fully saturated rings. The molecule has 2 rings (SSSR count). The van der Waals surface area contributed by atoms with Crippen molar-refractivity contribution in [3.63, 3.8) is 0 Å². The standard InChI is InChI=1S/C12H11NO2S/c1-9(14)10-3-2-4-12(5-10)15-6-11-7-16-8-13-11/h2-5,7-8H,6H2,1H3. The fraction of sp³-hybridized carbons (Fsp3) is 0.167. The lowest BCUT2D eigenvalue weighted by Gasteiger charge is -2.05. The monoisotopic (exact) mass is 233 g/mol. The van der Waals surface area contributed by atoms with Crippen molar-refractivity contribution >= 4 is 17.1 Å². The summed E-state index contributed by atoms with van der Waals surface area (Å²) in [6.45, 7) is 1.98. The molecule has 0 aliphatic carbocycles. The summed E-state index contributed by atoms with van der Waals surface area (Å²) in [6.07, 6.45) is 0. The number of aromatic nitrogens is 1. The topological polar surface area (TPSA) is 39.2 Å². The molecular weight excluding hydrogens is 222 g/mol. The zero-order valence-electron chi connectivity index (χ0n) is 8.84. The van der Waals surface area contributed by atoms with Crippen LogP contribution >= 0.6 is 11.3 Å². The number of carbonyl (C=O) groups excluding carboxylic acids is 1. The van der Waals surface area contributed by atoms with Crippen LogP contribution in [-0.2, 0) is 6.61 Å². The van der Waals surface area contributed by atoms with Crippen LogP contribution in [0.25, 0.3) is 0 Å². The van der Waals surface area contributed by atoms with Gasteiger partial charge in [0.1, 0.15) is 12.4 Å². The lowest BCUT2D eigenvalue weighted by Crippen LogP contribution is -1.97. The predicted molar refractivity (Wildman–Crippen MR) is 62.9 cm³/mol. The summed E-state index contributed by atoms with van der Waals surface area (Å²) in [6, 6.07) is 7.17. The Labute approximate surface area is 97.7 Å². The molecule has 0 N–H and O–H groups in total. The van der Waals surface area contributed by atoms with Crippen LogP contribution in [0.3, 0.4) is 0 Å². The van der Waals surface area contributed by atoms with Crippen LogP contribution in [0.2, 0.25) is 0 Å². The fourth-order valence-electron chi connectivity index (χ4n) is 1.27. The quantitative estimate of drug-likeness (QED) is 0.762. The first kappa shape index (κ1) is 10.8. The fourth-order valence-corrected chi connectivity index (χ4v) is 1.81. The molecule has 2 aromatic rings. The summed E-state index contributed by atoms with van der Waals surface area (Å²) in [4.78, 5) is 15.3. The molecule has 3 nitrogen and oxygen atoms in total. The van der Waals surface area contributed by atoms with E-state index in [0.717, 1.165) is 5.69 Å². The second-order valence-electron chi connectivity index (χ2n) is 3.35. The average Bonchev–Trinajstić information content (AvgIpc) is 2.79. The van der Waals surface area contributed by atoms with Crippen LogP contribution in [0.1, 0.15) is 23.0 Å². The molecule has 0 bridgehead atoms. The number of hydrogen-bond donors (Lipinski definition) is 0. The van der Waals surface area contributed by atoms with E-state index in [4.69, 9.17) is 4.74 Å². The third-order valence-corrected chi connectivity index (χ3v) is 2.75. The van der Waals surface area contributed by atoms with Crippen molar-refractivity contribution in [2.45, 2.75) is 13.5 Å². The number of Topliss-reactive ketones (excluding diaryl/α,β-unsaturated/α-hetero) is 1. The van der Waals surface area contributed by atoms with E-state index in [1.807, 2.05) is 17.5 Å². The smallest absolute Gasteiger partial charge is 0.159 e. The van der Waals surface area contributed by atoms with Crippen molar-refractivity contribution in [3.8, 4) is 5.75 Å². The second kappa shape index (κ2) is 4.90. The lowest BCUT2D eigenvalue weighted by molar-refractivity contribution is 0.101. The van der Waals surface area contributed by atoms with Crippen molar-refractivity contribution in [1.29, 1.82) is 0 Å². The van der Waals surface area contributed by atoms with Crippen molar-refractivity contribution < 1.29 is 9.53 Å². The maximum atomic E-state index is 11.2. The first-order valence-corrected chi connectivity index (χ1v) is 5.81. The van der Waals surface area contributed by atoms with Gasteiger partial charge in [0.2, 0.25) is 0 Å². The maximum absolute atomic E-state index is 11.2. The molecule has 4 heteroatoms. The van der Waals surface area contributed by atoms with Crippen molar-refractivity contribution in [2.75, 3.05) is 0 Å². The Hall–Kier alpha value is -1.68. The second-order valence-corrected chi connectivity index (χ2v) is 4.07. The molecule has 0 unspecified atom stereocenters. The Morgan fingerprint density at radius 1 is 1.50 bits per heavy atom. The van der Waals surface area contributed by atoms with Crippen molar-refractivity contribution in [3.05, 3.63) is 46.4 Å². The number of thiazole rings is 1. The van der Waals surface area contributed by atoms with E-state index in [9.17, 15) is 4.79 Å². The highest BCUT2D eigenvalue weighted by atomic mass is 32.1. The summed E-state index contributed by atoms with van der Waals surface area (Å²) in [5.74, 6) is 0.736. The minimum atomic E-state index is 0.0408. The molecule has 0 aliphatic rings. The third kappa shape index (κ3) is 2.67. The lowest BCUT2D eigenvalue weighted by atomic mass is 10.1. The highest BCUT2D eigenvalue weighted by Gasteiger charge is 2.02. The zero-order valence-corrected chi connectivity index (χ0v) is 9.66. The predicted octanol–water partition coefficient (Wildman–Crippen LogP) is 2.92. The summed E-state index contributed by atoms with van der Waals surface area (Å²) < 4.78 is 5.53. The summed E-state index contributed by atoms with van der Waals surface area (Å²) in [5, 5.41) is 1.94. The molecule has 0 aliphatic heterocycles. The molecule has 0 atom stereocenters. The number of nitrogens with zero attached hydrogens (tertiary/aromatic N) is 1. The molecule has 1 aromatic carbocycles. The minimum absolute atomic E-state index is 0.0408. The van der Waals surface area contributed by atoms with Gasteiger partial charge in [0.15, 0.2) is 5.78 Å². The van der Waals surface area contributed by atoms with Crippen LogP contribution in [0.4, 0.5) is 0 Å². The van der Waals surface area contributed by atoms with E-state index in [1.165, 1.54) is 11.3 Å². The number of rotatable bonds is 4. The molecule has 82 valence electrons. The Kier molecular flexibility index (Phi) is 3.31. The van der Waals surface area contributed by atoms with Crippen LogP contribution in [0, 0.1) is 0 Å². The summed E-state index contributed by atoms with van der Waals surface area (Å²) >= 11 is 1.54. The van der Waals surface area contributed by atoms with Gasteiger partial charge in [-0.05, 0) is 19.1 Å².